The highest BCUT2D eigenvalue weighted by molar-refractivity contribution is 5.26. The molecule has 0 aliphatic carbocycles. The van der Waals surface area contributed by atoms with Gasteiger partial charge in [-0.05, 0) is 103 Å². The van der Waals surface area contributed by atoms with E-state index in [0.717, 1.165) is 56.3 Å². The molecule has 0 saturated carbocycles. The van der Waals surface area contributed by atoms with Crippen LogP contribution in [0.5, 0.6) is 5.75 Å². The molecular weight excluding hydrogens is 576 g/mol. The van der Waals surface area contributed by atoms with E-state index in [0.29, 0.717) is 13.2 Å². The fourth-order valence-corrected chi connectivity index (χ4v) is 6.58. The van der Waals surface area contributed by atoms with Gasteiger partial charge in [-0.1, -0.05) is 88.3 Å². The molecule has 0 amide bonds. The first-order chi connectivity index (χ1) is 22.2. The Kier molecular flexibility index (Phi) is 17.9. The van der Waals surface area contributed by atoms with Gasteiger partial charge in [0.1, 0.15) is 5.75 Å². The van der Waals surface area contributed by atoms with Gasteiger partial charge in [0.05, 0.1) is 44.7 Å². The van der Waals surface area contributed by atoms with E-state index in [1.54, 1.807) is 7.11 Å². The fourth-order valence-electron chi connectivity index (χ4n) is 6.58. The van der Waals surface area contributed by atoms with E-state index in [4.69, 9.17) is 28.4 Å². The van der Waals surface area contributed by atoms with Crippen molar-refractivity contribution < 1.29 is 28.4 Å². The van der Waals surface area contributed by atoms with Gasteiger partial charge in [0.15, 0.2) is 11.6 Å². The lowest BCUT2D eigenvalue weighted by molar-refractivity contribution is -0.152. The minimum absolute atomic E-state index is 0.0655. The van der Waals surface area contributed by atoms with Crippen LogP contribution in [0.25, 0.3) is 0 Å². The van der Waals surface area contributed by atoms with Crippen LogP contribution in [0.15, 0.2) is 48.6 Å². The first kappa shape index (κ1) is 38.7. The summed E-state index contributed by atoms with van der Waals surface area (Å²) in [7, 11) is 1.68. The lowest BCUT2D eigenvalue weighted by atomic mass is 9.98. The molecule has 2 aliphatic rings. The van der Waals surface area contributed by atoms with Crippen LogP contribution in [-0.2, 0) is 30.3 Å². The summed E-state index contributed by atoms with van der Waals surface area (Å²) in [5.41, 5.74) is 1.16. The monoisotopic (exact) mass is 642 g/mol. The van der Waals surface area contributed by atoms with Crippen molar-refractivity contribution >= 4 is 0 Å². The number of unbranched alkanes of at least 4 members (excludes halogenated alkanes) is 8. The Morgan fingerprint density at radius 3 is 1.57 bits per heavy atom. The van der Waals surface area contributed by atoms with Crippen molar-refractivity contribution in [3.05, 3.63) is 54.1 Å². The predicted octanol–water partition coefficient (Wildman–Crippen LogP) is 10.6. The highest BCUT2D eigenvalue weighted by atomic mass is 16.8. The van der Waals surface area contributed by atoms with Gasteiger partial charge in [0.2, 0.25) is 0 Å². The fraction of sp³-hybridized carbons (Fsp3) is 0.750. The zero-order chi connectivity index (χ0) is 33.1. The van der Waals surface area contributed by atoms with Gasteiger partial charge < -0.3 is 28.4 Å². The summed E-state index contributed by atoms with van der Waals surface area (Å²) in [5, 5.41) is 0. The molecule has 1 aromatic rings. The quantitative estimate of drug-likeness (QED) is 0.0826. The van der Waals surface area contributed by atoms with Crippen LogP contribution in [0.3, 0.4) is 0 Å². The van der Waals surface area contributed by atoms with E-state index in [1.807, 2.05) is 52.0 Å². The van der Waals surface area contributed by atoms with E-state index in [1.165, 1.54) is 57.8 Å². The highest BCUT2D eigenvalue weighted by Gasteiger charge is 2.44. The highest BCUT2D eigenvalue weighted by Crippen LogP contribution is 2.37. The zero-order valence-electron chi connectivity index (χ0n) is 30.1. The normalized spacial score (nSPS) is 24.0. The van der Waals surface area contributed by atoms with Gasteiger partial charge in [-0.2, -0.15) is 0 Å². The molecule has 0 bridgehead atoms. The maximum absolute atomic E-state index is 6.38. The molecule has 1 aromatic carbocycles. The molecule has 0 aromatic heterocycles. The third-order valence-corrected chi connectivity index (χ3v) is 8.96. The van der Waals surface area contributed by atoms with Crippen molar-refractivity contribution in [2.45, 2.75) is 180 Å². The smallest absolute Gasteiger partial charge is 0.163 e. The molecule has 2 aliphatic heterocycles. The summed E-state index contributed by atoms with van der Waals surface area (Å²) in [4.78, 5) is 0. The number of ether oxygens (including phenoxy) is 6. The molecule has 4 atom stereocenters. The molecule has 0 radical (unpaired) electrons. The van der Waals surface area contributed by atoms with Gasteiger partial charge >= 0.3 is 0 Å². The van der Waals surface area contributed by atoms with Crippen molar-refractivity contribution in [2.24, 2.45) is 0 Å². The Morgan fingerprint density at radius 2 is 1.04 bits per heavy atom. The maximum atomic E-state index is 6.38. The van der Waals surface area contributed by atoms with Gasteiger partial charge in [-0.3, -0.25) is 0 Å². The largest absolute Gasteiger partial charge is 0.497 e. The zero-order valence-corrected chi connectivity index (χ0v) is 30.1. The maximum Gasteiger partial charge on any atom is 0.163 e. The standard InChI is InChI=1S/C40H66O6/c1-7-8-9-10-11-12-13-14-15-16-17-20-23-35-37(45-39(2,3)43-35)29-30-38-36(44-40(4,5)46-38)24-21-18-19-22-31-42-32-33-25-27-34(41-6)28-26-33/h16-19,25-28,35-38H,7-15,20-24,29-32H2,1-6H3/b17-16-,19-18+/t35-,36-,37-,38-/m0/s1. The Hall–Kier alpha value is -1.70. The van der Waals surface area contributed by atoms with Crippen LogP contribution < -0.4 is 4.74 Å². The minimum atomic E-state index is -0.556. The van der Waals surface area contributed by atoms with Crippen LogP contribution in [0.4, 0.5) is 0 Å². The summed E-state index contributed by atoms with van der Waals surface area (Å²) in [6, 6.07) is 8.02. The van der Waals surface area contributed by atoms with E-state index < -0.39 is 11.6 Å². The molecule has 3 rings (SSSR count). The number of methoxy groups -OCH3 is 1. The van der Waals surface area contributed by atoms with Crippen LogP contribution in [0.2, 0.25) is 0 Å². The molecule has 6 heteroatoms. The van der Waals surface area contributed by atoms with Gasteiger partial charge in [-0.15, -0.1) is 0 Å². The van der Waals surface area contributed by atoms with Gasteiger partial charge in [0.25, 0.3) is 0 Å². The van der Waals surface area contributed by atoms with Crippen molar-refractivity contribution in [3.8, 4) is 5.75 Å². The third kappa shape index (κ3) is 15.5. The minimum Gasteiger partial charge on any atom is -0.497 e. The lowest BCUT2D eigenvalue weighted by Gasteiger charge is -2.21. The number of benzene rings is 1. The summed E-state index contributed by atoms with van der Waals surface area (Å²) < 4.78 is 36.5. The predicted molar refractivity (Wildman–Crippen MR) is 188 cm³/mol. The van der Waals surface area contributed by atoms with Crippen molar-refractivity contribution in [1.29, 1.82) is 0 Å². The Balaban J connectivity index is 1.31. The molecule has 0 unspecified atom stereocenters. The molecule has 2 saturated heterocycles. The van der Waals surface area contributed by atoms with Crippen LogP contribution in [0, 0.1) is 0 Å². The van der Waals surface area contributed by atoms with E-state index in [9.17, 15) is 0 Å². The molecule has 6 nitrogen and oxygen atoms in total. The molecule has 46 heavy (non-hydrogen) atoms. The molecule has 262 valence electrons. The number of rotatable bonds is 24. The second kappa shape index (κ2) is 21.3. The molecule has 0 N–H and O–H groups in total. The number of hydrogen-bond donors (Lipinski definition) is 0. The first-order valence-corrected chi connectivity index (χ1v) is 18.4. The van der Waals surface area contributed by atoms with Crippen LogP contribution in [0.1, 0.15) is 143 Å². The van der Waals surface area contributed by atoms with Crippen LogP contribution in [-0.4, -0.2) is 49.7 Å². The summed E-state index contributed by atoms with van der Waals surface area (Å²) >= 11 is 0. The average molecular weight is 643 g/mol. The van der Waals surface area contributed by atoms with E-state index >= 15 is 0 Å². The van der Waals surface area contributed by atoms with E-state index in [2.05, 4.69) is 31.2 Å². The SMILES string of the molecule is CCCCCCCCCC/C=C\CC[C@@H]1OC(C)(C)O[C@H]1CC[C@@H]1OC(C)(C)O[C@H]1CC/C=C/CCOCc1ccc(OC)cc1. The third-order valence-electron chi connectivity index (χ3n) is 8.96. The second-order valence-electron chi connectivity index (χ2n) is 14.1. The van der Waals surface area contributed by atoms with Crippen LogP contribution >= 0.6 is 0 Å². The van der Waals surface area contributed by atoms with Crippen molar-refractivity contribution in [2.75, 3.05) is 13.7 Å². The summed E-state index contributed by atoms with van der Waals surface area (Å²) in [5.74, 6) is -0.226. The number of allylic oxidation sites excluding steroid dienone is 3. The van der Waals surface area contributed by atoms with E-state index in [-0.39, 0.29) is 24.4 Å². The number of hydrogen-bond acceptors (Lipinski definition) is 6. The molecule has 2 heterocycles. The lowest BCUT2D eigenvalue weighted by Crippen LogP contribution is -2.28. The Morgan fingerprint density at radius 1 is 0.587 bits per heavy atom. The summed E-state index contributed by atoms with van der Waals surface area (Å²) in [6.45, 7) is 11.7. The average Bonchev–Trinajstić information content (AvgIpc) is 3.50. The van der Waals surface area contributed by atoms with Gasteiger partial charge in [0, 0.05) is 0 Å². The molecular formula is C40H66O6. The Bertz CT molecular complexity index is 984. The topological polar surface area (TPSA) is 55.4 Å². The first-order valence-electron chi connectivity index (χ1n) is 18.4. The van der Waals surface area contributed by atoms with Gasteiger partial charge in [-0.25, -0.2) is 0 Å². The second-order valence-corrected chi connectivity index (χ2v) is 14.1. The van der Waals surface area contributed by atoms with Crippen molar-refractivity contribution in [1.82, 2.24) is 0 Å². The summed E-state index contributed by atoms with van der Waals surface area (Å²) in [6.07, 6.45) is 28.3. The molecule has 2 fully saturated rings. The Labute approximate surface area is 281 Å². The molecule has 0 spiro atoms. The van der Waals surface area contributed by atoms with Crippen molar-refractivity contribution in [3.63, 3.8) is 0 Å².